The molecule has 0 saturated carbocycles. The van der Waals surface area contributed by atoms with Gasteiger partial charge in [-0.1, -0.05) is 24.3 Å². The van der Waals surface area contributed by atoms with E-state index in [-0.39, 0.29) is 0 Å². The standard InChI is InChI=1S/C15H12N2/c1-11-14(5-3-8-16-11)13-7-6-12-4-2-9-17-15(12)10-13/h2-10H,1H3. The molecule has 2 heteroatoms. The van der Waals surface area contributed by atoms with Crippen molar-refractivity contribution in [3.63, 3.8) is 0 Å². The van der Waals surface area contributed by atoms with E-state index in [9.17, 15) is 0 Å². The monoisotopic (exact) mass is 220 g/mol. The van der Waals surface area contributed by atoms with Gasteiger partial charge in [0.1, 0.15) is 0 Å². The number of benzene rings is 1. The highest BCUT2D eigenvalue weighted by atomic mass is 14.7. The first-order valence-corrected chi connectivity index (χ1v) is 5.61. The molecular weight excluding hydrogens is 208 g/mol. The van der Waals surface area contributed by atoms with Crippen molar-refractivity contribution >= 4 is 10.9 Å². The lowest BCUT2D eigenvalue weighted by Crippen LogP contribution is -1.87. The maximum atomic E-state index is 4.38. The maximum Gasteiger partial charge on any atom is 0.0708 e. The highest BCUT2D eigenvalue weighted by Gasteiger charge is 2.03. The van der Waals surface area contributed by atoms with Crippen LogP contribution in [0.5, 0.6) is 0 Å². The Morgan fingerprint density at radius 3 is 2.59 bits per heavy atom. The molecule has 0 bridgehead atoms. The minimum absolute atomic E-state index is 1.02. The van der Waals surface area contributed by atoms with E-state index in [0.717, 1.165) is 16.6 Å². The summed E-state index contributed by atoms with van der Waals surface area (Å²) in [6, 6.07) is 14.4. The van der Waals surface area contributed by atoms with Gasteiger partial charge >= 0.3 is 0 Å². The molecule has 0 unspecified atom stereocenters. The fourth-order valence-corrected chi connectivity index (χ4v) is 2.02. The molecule has 0 radical (unpaired) electrons. The number of hydrogen-bond donors (Lipinski definition) is 0. The van der Waals surface area contributed by atoms with Crippen molar-refractivity contribution < 1.29 is 0 Å². The van der Waals surface area contributed by atoms with Crippen LogP contribution >= 0.6 is 0 Å². The summed E-state index contributed by atoms with van der Waals surface area (Å²) < 4.78 is 0. The largest absolute Gasteiger partial charge is 0.261 e. The zero-order valence-electron chi connectivity index (χ0n) is 9.59. The van der Waals surface area contributed by atoms with Gasteiger partial charge in [-0.15, -0.1) is 0 Å². The van der Waals surface area contributed by atoms with Crippen molar-refractivity contribution in [1.29, 1.82) is 0 Å². The number of nitrogens with zero attached hydrogens (tertiary/aromatic N) is 2. The van der Waals surface area contributed by atoms with Crippen LogP contribution in [0.1, 0.15) is 5.69 Å². The van der Waals surface area contributed by atoms with E-state index >= 15 is 0 Å². The summed E-state index contributed by atoms with van der Waals surface area (Å²) in [5.41, 5.74) is 4.40. The minimum atomic E-state index is 1.02. The second kappa shape index (κ2) is 3.98. The second-order valence-corrected chi connectivity index (χ2v) is 4.05. The molecule has 82 valence electrons. The molecule has 0 aliphatic heterocycles. The van der Waals surface area contributed by atoms with Gasteiger partial charge in [-0.2, -0.15) is 0 Å². The number of hydrogen-bond acceptors (Lipinski definition) is 2. The van der Waals surface area contributed by atoms with E-state index < -0.39 is 0 Å². The van der Waals surface area contributed by atoms with E-state index in [2.05, 4.69) is 40.3 Å². The Kier molecular flexibility index (Phi) is 2.33. The molecule has 0 atom stereocenters. The number of fused-ring (bicyclic) bond motifs is 1. The van der Waals surface area contributed by atoms with Gasteiger partial charge in [0, 0.05) is 29.0 Å². The summed E-state index contributed by atoms with van der Waals surface area (Å²) in [4.78, 5) is 8.69. The van der Waals surface area contributed by atoms with Crippen molar-refractivity contribution in [2.24, 2.45) is 0 Å². The minimum Gasteiger partial charge on any atom is -0.261 e. The molecular formula is C15H12N2. The Morgan fingerprint density at radius 1 is 0.882 bits per heavy atom. The predicted octanol–water partition coefficient (Wildman–Crippen LogP) is 3.61. The molecule has 17 heavy (non-hydrogen) atoms. The van der Waals surface area contributed by atoms with Gasteiger partial charge in [0.2, 0.25) is 0 Å². The number of rotatable bonds is 1. The van der Waals surface area contributed by atoms with Crippen molar-refractivity contribution in [2.45, 2.75) is 6.92 Å². The van der Waals surface area contributed by atoms with Gasteiger partial charge in [-0.05, 0) is 30.7 Å². The number of aryl methyl sites for hydroxylation is 1. The Balaban J connectivity index is 2.22. The van der Waals surface area contributed by atoms with Crippen LogP contribution in [0.25, 0.3) is 22.0 Å². The topological polar surface area (TPSA) is 25.8 Å². The van der Waals surface area contributed by atoms with Crippen molar-refractivity contribution in [1.82, 2.24) is 9.97 Å². The Labute approximate surface area is 100.0 Å². The predicted molar refractivity (Wildman–Crippen MR) is 69.7 cm³/mol. The molecule has 0 amide bonds. The van der Waals surface area contributed by atoms with E-state index in [1.807, 2.05) is 31.5 Å². The van der Waals surface area contributed by atoms with Gasteiger partial charge in [0.25, 0.3) is 0 Å². The van der Waals surface area contributed by atoms with Crippen LogP contribution in [0.2, 0.25) is 0 Å². The molecule has 0 N–H and O–H groups in total. The fourth-order valence-electron chi connectivity index (χ4n) is 2.02. The Morgan fingerprint density at radius 2 is 1.71 bits per heavy atom. The fraction of sp³-hybridized carbons (Fsp3) is 0.0667. The van der Waals surface area contributed by atoms with Crippen molar-refractivity contribution in [2.75, 3.05) is 0 Å². The van der Waals surface area contributed by atoms with Crippen LogP contribution in [-0.4, -0.2) is 9.97 Å². The third-order valence-corrected chi connectivity index (χ3v) is 2.92. The summed E-state index contributed by atoms with van der Waals surface area (Å²) in [6.07, 6.45) is 3.64. The number of aromatic nitrogens is 2. The third-order valence-electron chi connectivity index (χ3n) is 2.92. The molecule has 2 heterocycles. The quantitative estimate of drug-likeness (QED) is 0.626. The van der Waals surface area contributed by atoms with Crippen LogP contribution < -0.4 is 0 Å². The van der Waals surface area contributed by atoms with Crippen LogP contribution in [0, 0.1) is 6.92 Å². The molecule has 0 saturated heterocycles. The second-order valence-electron chi connectivity index (χ2n) is 4.05. The highest BCUT2D eigenvalue weighted by molar-refractivity contribution is 5.84. The maximum absolute atomic E-state index is 4.38. The lowest BCUT2D eigenvalue weighted by atomic mass is 10.0. The van der Waals surface area contributed by atoms with E-state index in [4.69, 9.17) is 0 Å². The molecule has 0 spiro atoms. The summed E-state index contributed by atoms with van der Waals surface area (Å²) in [5, 5.41) is 1.16. The normalized spacial score (nSPS) is 10.6. The van der Waals surface area contributed by atoms with Crippen LogP contribution in [0.4, 0.5) is 0 Å². The van der Waals surface area contributed by atoms with Gasteiger partial charge in [-0.3, -0.25) is 9.97 Å². The summed E-state index contributed by atoms with van der Waals surface area (Å²) in [5.74, 6) is 0. The molecule has 3 aromatic rings. The molecule has 0 aliphatic carbocycles. The third kappa shape index (κ3) is 1.78. The summed E-state index contributed by atoms with van der Waals surface area (Å²) >= 11 is 0. The smallest absolute Gasteiger partial charge is 0.0708 e. The van der Waals surface area contributed by atoms with Gasteiger partial charge in [0.15, 0.2) is 0 Å². The number of pyridine rings is 2. The average Bonchev–Trinajstić information content (AvgIpc) is 2.39. The van der Waals surface area contributed by atoms with E-state index in [0.29, 0.717) is 0 Å². The van der Waals surface area contributed by atoms with Gasteiger partial charge in [-0.25, -0.2) is 0 Å². The molecule has 2 nitrogen and oxygen atoms in total. The Hall–Kier alpha value is -2.22. The van der Waals surface area contributed by atoms with Gasteiger partial charge < -0.3 is 0 Å². The summed E-state index contributed by atoms with van der Waals surface area (Å²) in [7, 11) is 0. The molecule has 0 aliphatic rings. The zero-order chi connectivity index (χ0) is 11.7. The molecule has 0 fully saturated rings. The highest BCUT2D eigenvalue weighted by Crippen LogP contribution is 2.24. The lowest BCUT2D eigenvalue weighted by Gasteiger charge is -2.05. The molecule has 3 rings (SSSR count). The van der Waals surface area contributed by atoms with Crippen molar-refractivity contribution in [3.05, 3.63) is 60.6 Å². The van der Waals surface area contributed by atoms with E-state index in [1.165, 1.54) is 11.1 Å². The first kappa shape index (κ1) is 9.97. The molecule has 2 aromatic heterocycles. The first-order valence-electron chi connectivity index (χ1n) is 5.61. The van der Waals surface area contributed by atoms with Crippen LogP contribution in [-0.2, 0) is 0 Å². The average molecular weight is 220 g/mol. The van der Waals surface area contributed by atoms with Crippen LogP contribution in [0.3, 0.4) is 0 Å². The van der Waals surface area contributed by atoms with E-state index in [1.54, 1.807) is 0 Å². The Bertz CT molecular complexity index is 674. The van der Waals surface area contributed by atoms with Gasteiger partial charge in [0.05, 0.1) is 5.52 Å². The first-order chi connectivity index (χ1) is 8.34. The summed E-state index contributed by atoms with van der Waals surface area (Å²) in [6.45, 7) is 2.03. The van der Waals surface area contributed by atoms with Crippen LogP contribution in [0.15, 0.2) is 54.9 Å². The van der Waals surface area contributed by atoms with Crippen molar-refractivity contribution in [3.8, 4) is 11.1 Å². The SMILES string of the molecule is Cc1ncccc1-c1ccc2cccnc2c1. The molecule has 1 aromatic carbocycles. The lowest BCUT2D eigenvalue weighted by molar-refractivity contribution is 1.20. The zero-order valence-corrected chi connectivity index (χ0v) is 9.59.